The molecule has 1 fully saturated rings. The Hall–Kier alpha value is -2.17. The molecule has 27 heavy (non-hydrogen) atoms. The minimum atomic E-state index is -3.77. The predicted molar refractivity (Wildman–Crippen MR) is 99.7 cm³/mol. The largest absolute Gasteiger partial charge is 0.465 e. The smallest absolute Gasteiger partial charge is 0.350 e. The lowest BCUT2D eigenvalue weighted by molar-refractivity contribution is 0.0607. The van der Waals surface area contributed by atoms with Crippen LogP contribution in [0.1, 0.15) is 45.1 Å². The topological polar surface area (TPSA) is 106 Å². The highest BCUT2D eigenvalue weighted by Gasteiger charge is 2.31. The van der Waals surface area contributed by atoms with Gasteiger partial charge in [-0.2, -0.15) is 4.31 Å². The van der Waals surface area contributed by atoms with Crippen LogP contribution in [0.2, 0.25) is 0 Å². The van der Waals surface area contributed by atoms with Gasteiger partial charge in [0.1, 0.15) is 10.6 Å². The second kappa shape index (κ2) is 7.83. The third-order valence-electron chi connectivity index (χ3n) is 4.33. The minimum Gasteiger partial charge on any atom is -0.465 e. The van der Waals surface area contributed by atoms with Gasteiger partial charge in [0.05, 0.1) is 18.4 Å². The number of hydrogen-bond acceptors (Lipinski definition) is 7. The van der Waals surface area contributed by atoms with E-state index in [0.29, 0.717) is 18.8 Å². The average molecular weight is 412 g/mol. The summed E-state index contributed by atoms with van der Waals surface area (Å²) < 4.78 is 36.9. The standard InChI is InChI=1S/C17H20N2O6S2/c1-11-12(16(20)18-13-6-9-26-15(13)17(21)24-2)10-14(25-11)27(22,23)19-7-4-3-5-8-19/h6,9-10H,3-5,7-8H2,1-2H3,(H,18,20). The summed E-state index contributed by atoms with van der Waals surface area (Å²) in [6, 6.07) is 2.81. The number of hydrogen-bond donors (Lipinski definition) is 1. The number of amides is 1. The molecule has 0 atom stereocenters. The number of esters is 1. The molecule has 146 valence electrons. The summed E-state index contributed by atoms with van der Waals surface area (Å²) in [5.41, 5.74) is 0.408. The van der Waals surface area contributed by atoms with Crippen molar-refractivity contribution in [2.24, 2.45) is 0 Å². The van der Waals surface area contributed by atoms with Crippen LogP contribution in [0, 0.1) is 6.92 Å². The van der Waals surface area contributed by atoms with Crippen molar-refractivity contribution in [1.82, 2.24) is 4.31 Å². The maximum atomic E-state index is 12.7. The Kier molecular flexibility index (Phi) is 5.68. The normalized spacial score (nSPS) is 15.5. The fourth-order valence-electron chi connectivity index (χ4n) is 2.89. The first-order valence-electron chi connectivity index (χ1n) is 8.42. The summed E-state index contributed by atoms with van der Waals surface area (Å²) in [5, 5.41) is 4.01. The fourth-order valence-corrected chi connectivity index (χ4v) is 5.14. The van der Waals surface area contributed by atoms with Gasteiger partial charge in [-0.1, -0.05) is 6.42 Å². The molecular formula is C17H20N2O6S2. The molecular weight excluding hydrogens is 392 g/mol. The molecule has 1 amide bonds. The monoisotopic (exact) mass is 412 g/mol. The number of thiophene rings is 1. The van der Waals surface area contributed by atoms with Gasteiger partial charge in [-0.05, 0) is 31.2 Å². The molecule has 0 unspecified atom stereocenters. The summed E-state index contributed by atoms with van der Waals surface area (Å²) in [6.45, 7) is 2.42. The summed E-state index contributed by atoms with van der Waals surface area (Å²) in [6.07, 6.45) is 2.61. The number of piperidine rings is 1. The SMILES string of the molecule is COC(=O)c1sccc1NC(=O)c1cc(S(=O)(=O)N2CCCCC2)oc1C. The van der Waals surface area contributed by atoms with Crippen LogP contribution < -0.4 is 5.32 Å². The van der Waals surface area contributed by atoms with E-state index in [1.165, 1.54) is 24.4 Å². The van der Waals surface area contributed by atoms with Crippen LogP contribution in [0.5, 0.6) is 0 Å². The zero-order chi connectivity index (χ0) is 19.6. The van der Waals surface area contributed by atoms with Gasteiger partial charge in [-0.25, -0.2) is 13.2 Å². The highest BCUT2D eigenvalue weighted by molar-refractivity contribution is 7.89. The lowest BCUT2D eigenvalue weighted by Crippen LogP contribution is -2.35. The summed E-state index contributed by atoms with van der Waals surface area (Å²) >= 11 is 1.14. The second-order valence-electron chi connectivity index (χ2n) is 6.11. The first kappa shape index (κ1) is 19.6. The highest BCUT2D eigenvalue weighted by Crippen LogP contribution is 2.27. The van der Waals surface area contributed by atoms with Crippen LogP contribution in [-0.2, 0) is 14.8 Å². The van der Waals surface area contributed by atoms with Crippen molar-refractivity contribution >= 4 is 38.9 Å². The third-order valence-corrected chi connectivity index (χ3v) is 6.98. The number of carbonyl (C=O) groups excluding carboxylic acids is 2. The van der Waals surface area contributed by atoms with Crippen LogP contribution in [0.4, 0.5) is 5.69 Å². The van der Waals surface area contributed by atoms with Crippen LogP contribution in [-0.4, -0.2) is 44.8 Å². The molecule has 8 nitrogen and oxygen atoms in total. The Bertz CT molecular complexity index is 954. The third kappa shape index (κ3) is 3.92. The number of sulfonamides is 1. The van der Waals surface area contributed by atoms with Crippen LogP contribution in [0.3, 0.4) is 0 Å². The molecule has 2 aromatic rings. The Morgan fingerprint density at radius 2 is 1.96 bits per heavy atom. The van der Waals surface area contributed by atoms with Crippen molar-refractivity contribution in [2.75, 3.05) is 25.5 Å². The van der Waals surface area contributed by atoms with E-state index >= 15 is 0 Å². The van der Waals surface area contributed by atoms with E-state index in [-0.39, 0.29) is 21.3 Å². The maximum Gasteiger partial charge on any atom is 0.350 e. The van der Waals surface area contributed by atoms with Crippen molar-refractivity contribution in [2.45, 2.75) is 31.3 Å². The van der Waals surface area contributed by atoms with Gasteiger partial charge in [0, 0.05) is 19.2 Å². The number of nitrogens with one attached hydrogen (secondary N) is 1. The van der Waals surface area contributed by atoms with Gasteiger partial charge < -0.3 is 14.5 Å². The molecule has 2 aromatic heterocycles. The Labute approximate surface area is 161 Å². The van der Waals surface area contributed by atoms with Gasteiger partial charge in [-0.15, -0.1) is 11.3 Å². The molecule has 1 saturated heterocycles. The van der Waals surface area contributed by atoms with Crippen LogP contribution in [0.25, 0.3) is 0 Å². The molecule has 1 N–H and O–H groups in total. The first-order chi connectivity index (χ1) is 12.8. The molecule has 0 aromatic carbocycles. The molecule has 1 aliphatic rings. The van der Waals surface area contributed by atoms with E-state index < -0.39 is 21.9 Å². The molecule has 3 rings (SSSR count). The number of methoxy groups -OCH3 is 1. The number of nitrogens with zero attached hydrogens (tertiary/aromatic N) is 1. The average Bonchev–Trinajstić information content (AvgIpc) is 3.28. The van der Waals surface area contributed by atoms with Gasteiger partial charge in [0.2, 0.25) is 5.09 Å². The number of ether oxygens (including phenoxy) is 1. The van der Waals surface area contributed by atoms with Gasteiger partial charge in [-0.3, -0.25) is 4.79 Å². The highest BCUT2D eigenvalue weighted by atomic mass is 32.2. The fraction of sp³-hybridized carbons (Fsp3) is 0.412. The molecule has 0 saturated carbocycles. The number of anilines is 1. The van der Waals surface area contributed by atoms with E-state index in [1.807, 2.05) is 0 Å². The van der Waals surface area contributed by atoms with Crippen molar-refractivity contribution in [3.05, 3.63) is 33.7 Å². The van der Waals surface area contributed by atoms with Gasteiger partial charge >= 0.3 is 5.97 Å². The second-order valence-corrected chi connectivity index (χ2v) is 8.89. The van der Waals surface area contributed by atoms with E-state index in [1.54, 1.807) is 11.4 Å². The molecule has 1 aliphatic heterocycles. The van der Waals surface area contributed by atoms with E-state index in [0.717, 1.165) is 30.6 Å². The lowest BCUT2D eigenvalue weighted by Gasteiger charge is -2.24. The van der Waals surface area contributed by atoms with E-state index in [2.05, 4.69) is 10.1 Å². The first-order valence-corrected chi connectivity index (χ1v) is 10.7. The number of furan rings is 1. The van der Waals surface area contributed by atoms with Crippen molar-refractivity contribution in [1.29, 1.82) is 0 Å². The summed E-state index contributed by atoms with van der Waals surface area (Å²) in [7, 11) is -2.51. The molecule has 0 bridgehead atoms. The summed E-state index contributed by atoms with van der Waals surface area (Å²) in [5.74, 6) is -0.921. The Morgan fingerprint density at radius 3 is 2.63 bits per heavy atom. The predicted octanol–water partition coefficient (Wildman–Crippen LogP) is 2.86. The summed E-state index contributed by atoms with van der Waals surface area (Å²) in [4.78, 5) is 24.6. The molecule has 10 heteroatoms. The van der Waals surface area contributed by atoms with Crippen molar-refractivity contribution < 1.29 is 27.2 Å². The number of carbonyl (C=O) groups is 2. The van der Waals surface area contributed by atoms with Crippen molar-refractivity contribution in [3.63, 3.8) is 0 Å². The molecule has 0 radical (unpaired) electrons. The van der Waals surface area contributed by atoms with Crippen LogP contribution in [0.15, 0.2) is 27.0 Å². The van der Waals surface area contributed by atoms with Crippen LogP contribution >= 0.6 is 11.3 Å². The molecule has 3 heterocycles. The minimum absolute atomic E-state index is 0.104. The number of aryl methyl sites for hydroxylation is 1. The van der Waals surface area contributed by atoms with Gasteiger partial charge in [0.15, 0.2) is 0 Å². The molecule has 0 spiro atoms. The zero-order valence-electron chi connectivity index (χ0n) is 15.0. The van der Waals surface area contributed by atoms with E-state index in [4.69, 9.17) is 4.42 Å². The number of rotatable bonds is 5. The van der Waals surface area contributed by atoms with Crippen molar-refractivity contribution in [3.8, 4) is 0 Å². The maximum absolute atomic E-state index is 12.7. The Morgan fingerprint density at radius 1 is 1.26 bits per heavy atom. The zero-order valence-corrected chi connectivity index (χ0v) is 16.6. The van der Waals surface area contributed by atoms with E-state index in [9.17, 15) is 18.0 Å². The molecule has 0 aliphatic carbocycles. The van der Waals surface area contributed by atoms with Gasteiger partial charge in [0.25, 0.3) is 15.9 Å². The quantitative estimate of drug-likeness (QED) is 0.757. The lowest BCUT2D eigenvalue weighted by atomic mass is 10.2. The Balaban J connectivity index is 1.83.